The maximum Gasteiger partial charge on any atom is 0.124 e. The molecule has 1 N–H and O–H groups in total. The van der Waals surface area contributed by atoms with E-state index in [1.165, 1.54) is 6.08 Å². The fourth-order valence-electron chi connectivity index (χ4n) is 1.59. The number of nitrogens with one attached hydrogen (secondary N) is 1. The van der Waals surface area contributed by atoms with Crippen molar-refractivity contribution in [3.63, 3.8) is 0 Å². The van der Waals surface area contributed by atoms with E-state index in [0.717, 1.165) is 5.69 Å². The number of benzene rings is 1. The molecule has 0 aliphatic carbocycles. The van der Waals surface area contributed by atoms with Gasteiger partial charge in [-0.1, -0.05) is 24.2 Å². The highest BCUT2D eigenvalue weighted by atomic mass is 35.5. The molecule has 1 aromatic carbocycles. The second-order valence-corrected chi connectivity index (χ2v) is 5.01. The van der Waals surface area contributed by atoms with E-state index in [-0.39, 0.29) is 5.54 Å². The Bertz CT molecular complexity index is 405. The summed E-state index contributed by atoms with van der Waals surface area (Å²) >= 11 is 5.96. The number of rotatable bonds is 2. The van der Waals surface area contributed by atoms with Crippen LogP contribution >= 0.6 is 11.6 Å². The molecule has 0 saturated heterocycles. The lowest BCUT2D eigenvalue weighted by Crippen LogP contribution is -2.44. The molecule has 0 heterocycles. The van der Waals surface area contributed by atoms with Crippen LogP contribution in [0.5, 0.6) is 0 Å². The maximum atomic E-state index is 7.92. The van der Waals surface area contributed by atoms with Gasteiger partial charge >= 0.3 is 0 Å². The molecule has 0 aliphatic rings. The lowest BCUT2D eigenvalue weighted by molar-refractivity contribution is 0.571. The predicted octanol–water partition coefficient (Wildman–Crippen LogP) is 4.11. The Morgan fingerprint density at radius 2 is 2.06 bits per heavy atom. The minimum atomic E-state index is -0.185. The van der Waals surface area contributed by atoms with Crippen LogP contribution in [0.15, 0.2) is 36.9 Å². The summed E-state index contributed by atoms with van der Waals surface area (Å²) in [7, 11) is 0. The topological polar surface area (TPSA) is 27.1 Å². The van der Waals surface area contributed by atoms with Crippen molar-refractivity contribution in [1.29, 1.82) is 5.41 Å². The van der Waals surface area contributed by atoms with E-state index in [1.807, 2.05) is 49.9 Å². The van der Waals surface area contributed by atoms with Gasteiger partial charge in [-0.3, -0.25) is 5.41 Å². The van der Waals surface area contributed by atoms with Crippen molar-refractivity contribution in [2.24, 2.45) is 0 Å². The first-order valence-electron chi connectivity index (χ1n) is 5.13. The Balaban J connectivity index is 3.22. The van der Waals surface area contributed by atoms with Gasteiger partial charge in [-0.05, 0) is 45.0 Å². The van der Waals surface area contributed by atoms with Gasteiger partial charge in [-0.15, -0.1) is 0 Å². The highest BCUT2D eigenvalue weighted by Gasteiger charge is 2.24. The quantitative estimate of drug-likeness (QED) is 0.607. The molecule has 0 atom stereocenters. The van der Waals surface area contributed by atoms with Gasteiger partial charge in [0.15, 0.2) is 0 Å². The normalized spacial score (nSPS) is 11.0. The second kappa shape index (κ2) is 4.71. The van der Waals surface area contributed by atoms with E-state index in [4.69, 9.17) is 17.0 Å². The van der Waals surface area contributed by atoms with Gasteiger partial charge in [0.2, 0.25) is 0 Å². The summed E-state index contributed by atoms with van der Waals surface area (Å²) in [6, 6.07) is 7.50. The number of halogens is 1. The molecular weight excluding hydrogens is 220 g/mol. The first-order valence-corrected chi connectivity index (χ1v) is 5.51. The Labute approximate surface area is 102 Å². The van der Waals surface area contributed by atoms with E-state index in [2.05, 4.69) is 6.58 Å². The molecule has 0 aromatic heterocycles. The molecule has 0 spiro atoms. The summed E-state index contributed by atoms with van der Waals surface area (Å²) in [5.74, 6) is 0.370. The van der Waals surface area contributed by atoms with Crippen LogP contribution in [0.25, 0.3) is 0 Å². The van der Waals surface area contributed by atoms with Crippen molar-refractivity contribution in [1.82, 2.24) is 0 Å². The first-order chi connectivity index (χ1) is 7.36. The molecule has 0 radical (unpaired) electrons. The summed E-state index contributed by atoms with van der Waals surface area (Å²) in [5, 5.41) is 8.59. The third-order valence-corrected chi connectivity index (χ3v) is 2.41. The average Bonchev–Trinajstić information content (AvgIpc) is 2.15. The molecule has 2 nitrogen and oxygen atoms in total. The van der Waals surface area contributed by atoms with Crippen LogP contribution in [-0.4, -0.2) is 11.4 Å². The zero-order chi connectivity index (χ0) is 12.3. The van der Waals surface area contributed by atoms with Crippen LogP contribution in [0.1, 0.15) is 20.8 Å². The molecule has 0 aliphatic heterocycles. The molecule has 0 amide bonds. The number of amidine groups is 1. The third-order valence-electron chi connectivity index (χ3n) is 2.17. The van der Waals surface area contributed by atoms with Crippen molar-refractivity contribution in [2.45, 2.75) is 26.3 Å². The molecule has 86 valence electrons. The van der Waals surface area contributed by atoms with E-state index in [9.17, 15) is 0 Å². The van der Waals surface area contributed by atoms with Crippen LogP contribution in [-0.2, 0) is 0 Å². The predicted molar refractivity (Wildman–Crippen MR) is 71.6 cm³/mol. The minimum absolute atomic E-state index is 0.185. The molecule has 1 aromatic rings. The van der Waals surface area contributed by atoms with Gasteiger partial charge in [0.25, 0.3) is 0 Å². The van der Waals surface area contributed by atoms with Gasteiger partial charge < -0.3 is 4.90 Å². The summed E-state index contributed by atoms with van der Waals surface area (Å²) in [6.07, 6.45) is 1.53. The Hall–Kier alpha value is -1.28. The van der Waals surface area contributed by atoms with Crippen LogP contribution in [0.2, 0.25) is 5.02 Å². The smallest absolute Gasteiger partial charge is 0.124 e. The Morgan fingerprint density at radius 3 is 2.50 bits per heavy atom. The largest absolute Gasteiger partial charge is 0.322 e. The SMILES string of the molecule is C=CC(=N)N(c1cccc(Cl)c1)C(C)(C)C. The first kappa shape index (κ1) is 12.8. The second-order valence-electron chi connectivity index (χ2n) is 4.58. The highest BCUT2D eigenvalue weighted by molar-refractivity contribution is 6.31. The van der Waals surface area contributed by atoms with E-state index in [1.54, 1.807) is 0 Å². The summed E-state index contributed by atoms with van der Waals surface area (Å²) < 4.78 is 0. The van der Waals surface area contributed by atoms with Crippen LogP contribution < -0.4 is 4.90 Å². The lowest BCUT2D eigenvalue weighted by Gasteiger charge is -2.36. The van der Waals surface area contributed by atoms with Gasteiger partial charge in [0.05, 0.1) is 0 Å². The molecular formula is C13H17ClN2. The standard InChI is InChI=1S/C13H17ClN2/c1-5-12(15)16(13(2,3)4)11-8-6-7-10(14)9-11/h5-9,15H,1H2,2-4H3. The average molecular weight is 237 g/mol. The number of nitrogens with zero attached hydrogens (tertiary/aromatic N) is 1. The van der Waals surface area contributed by atoms with Crippen molar-refractivity contribution < 1.29 is 0 Å². The van der Waals surface area contributed by atoms with Crippen molar-refractivity contribution in [3.05, 3.63) is 41.9 Å². The van der Waals surface area contributed by atoms with Gasteiger partial charge in [0, 0.05) is 16.2 Å². The summed E-state index contributed by atoms with van der Waals surface area (Å²) in [4.78, 5) is 1.89. The summed E-state index contributed by atoms with van der Waals surface area (Å²) in [6.45, 7) is 9.79. The molecule has 0 saturated carbocycles. The van der Waals surface area contributed by atoms with Crippen LogP contribution in [0.3, 0.4) is 0 Å². The van der Waals surface area contributed by atoms with E-state index in [0.29, 0.717) is 10.9 Å². The van der Waals surface area contributed by atoms with Crippen molar-refractivity contribution in [3.8, 4) is 0 Å². The van der Waals surface area contributed by atoms with Crippen LogP contribution in [0, 0.1) is 5.41 Å². The molecule has 16 heavy (non-hydrogen) atoms. The number of hydrogen-bond donors (Lipinski definition) is 1. The van der Waals surface area contributed by atoms with E-state index < -0.39 is 0 Å². The van der Waals surface area contributed by atoms with Crippen LogP contribution in [0.4, 0.5) is 5.69 Å². The van der Waals surface area contributed by atoms with Crippen molar-refractivity contribution in [2.75, 3.05) is 4.90 Å². The molecule has 0 bridgehead atoms. The minimum Gasteiger partial charge on any atom is -0.322 e. The maximum absolute atomic E-state index is 7.92. The third kappa shape index (κ3) is 2.86. The van der Waals surface area contributed by atoms with Gasteiger partial charge in [0.1, 0.15) is 5.84 Å². The highest BCUT2D eigenvalue weighted by Crippen LogP contribution is 2.26. The fourth-order valence-corrected chi connectivity index (χ4v) is 1.78. The Kier molecular flexibility index (Phi) is 3.76. The Morgan fingerprint density at radius 1 is 1.44 bits per heavy atom. The van der Waals surface area contributed by atoms with E-state index >= 15 is 0 Å². The monoisotopic (exact) mass is 236 g/mol. The zero-order valence-corrected chi connectivity index (χ0v) is 10.7. The number of hydrogen-bond acceptors (Lipinski definition) is 1. The summed E-state index contributed by atoms with van der Waals surface area (Å²) in [5.41, 5.74) is 0.723. The van der Waals surface area contributed by atoms with Gasteiger partial charge in [-0.25, -0.2) is 0 Å². The fraction of sp³-hybridized carbons (Fsp3) is 0.308. The molecule has 3 heteroatoms. The molecule has 0 fully saturated rings. The number of anilines is 1. The van der Waals surface area contributed by atoms with Crippen molar-refractivity contribution >= 4 is 23.1 Å². The molecule has 1 rings (SSSR count). The molecule has 0 unspecified atom stereocenters. The lowest BCUT2D eigenvalue weighted by atomic mass is 10.0. The zero-order valence-electron chi connectivity index (χ0n) is 9.92. The van der Waals surface area contributed by atoms with Gasteiger partial charge in [-0.2, -0.15) is 0 Å².